The van der Waals surface area contributed by atoms with Crippen molar-refractivity contribution in [1.82, 2.24) is 0 Å². The fraction of sp³-hybridized carbons (Fsp3) is 0.385. The Hall–Kier alpha value is -2.02. The highest BCUT2D eigenvalue weighted by atomic mass is 16.5. The molecule has 1 aliphatic rings. The summed E-state index contributed by atoms with van der Waals surface area (Å²) in [7, 11) is 1.48. The van der Waals surface area contributed by atoms with Crippen LogP contribution in [0, 0.1) is 11.3 Å². The average molecular weight is 231 g/mol. The molecular weight excluding hydrogens is 218 g/mol. The second-order valence-corrected chi connectivity index (χ2v) is 4.62. The SMILES string of the molecule is COc1cc2c(cc1C#N)C(=O)CC(C)(C)O2. The predicted molar refractivity (Wildman–Crippen MR) is 61.4 cm³/mol. The summed E-state index contributed by atoms with van der Waals surface area (Å²) in [6.07, 6.45) is 0.317. The molecular formula is C13H13NO3. The van der Waals surface area contributed by atoms with Crippen molar-refractivity contribution in [3.63, 3.8) is 0 Å². The summed E-state index contributed by atoms with van der Waals surface area (Å²) in [5.74, 6) is 0.911. The molecule has 2 rings (SSSR count). The Morgan fingerprint density at radius 2 is 2.18 bits per heavy atom. The van der Waals surface area contributed by atoms with Crippen LogP contribution in [0.4, 0.5) is 0 Å². The van der Waals surface area contributed by atoms with Crippen molar-refractivity contribution in [2.24, 2.45) is 0 Å². The van der Waals surface area contributed by atoms with Gasteiger partial charge in [-0.15, -0.1) is 0 Å². The van der Waals surface area contributed by atoms with E-state index in [9.17, 15) is 4.79 Å². The maximum absolute atomic E-state index is 11.9. The third kappa shape index (κ3) is 1.96. The van der Waals surface area contributed by atoms with Gasteiger partial charge >= 0.3 is 0 Å². The highest BCUT2D eigenvalue weighted by molar-refractivity contribution is 6.01. The number of Topliss-reactive ketones (excluding diaryl/α,β-unsaturated/α-hetero) is 1. The van der Waals surface area contributed by atoms with E-state index in [4.69, 9.17) is 14.7 Å². The molecule has 0 fully saturated rings. The summed E-state index contributed by atoms with van der Waals surface area (Å²) in [6.45, 7) is 3.72. The largest absolute Gasteiger partial charge is 0.495 e. The quantitative estimate of drug-likeness (QED) is 0.744. The molecule has 0 unspecified atom stereocenters. The van der Waals surface area contributed by atoms with E-state index >= 15 is 0 Å². The zero-order valence-corrected chi connectivity index (χ0v) is 10.0. The monoisotopic (exact) mass is 231 g/mol. The van der Waals surface area contributed by atoms with E-state index in [2.05, 4.69) is 0 Å². The highest BCUT2D eigenvalue weighted by Gasteiger charge is 2.33. The number of benzene rings is 1. The van der Waals surface area contributed by atoms with Crippen LogP contribution in [0.2, 0.25) is 0 Å². The number of carbonyl (C=O) groups is 1. The normalized spacial score (nSPS) is 16.7. The minimum absolute atomic E-state index is 0.00426. The minimum Gasteiger partial charge on any atom is -0.495 e. The van der Waals surface area contributed by atoms with Gasteiger partial charge in [-0.25, -0.2) is 0 Å². The summed E-state index contributed by atoms with van der Waals surface area (Å²) in [5.41, 5.74) is 0.299. The van der Waals surface area contributed by atoms with Gasteiger partial charge in [0.2, 0.25) is 0 Å². The van der Waals surface area contributed by atoms with Gasteiger partial charge in [0.1, 0.15) is 23.2 Å². The van der Waals surface area contributed by atoms with E-state index in [1.54, 1.807) is 6.07 Å². The van der Waals surface area contributed by atoms with Crippen molar-refractivity contribution in [3.8, 4) is 17.6 Å². The number of nitrogens with zero attached hydrogens (tertiary/aromatic N) is 1. The lowest BCUT2D eigenvalue weighted by Crippen LogP contribution is -2.35. The van der Waals surface area contributed by atoms with Gasteiger partial charge in [0.15, 0.2) is 5.78 Å². The van der Waals surface area contributed by atoms with Gasteiger partial charge in [-0.1, -0.05) is 0 Å². The van der Waals surface area contributed by atoms with Gasteiger partial charge in [-0.05, 0) is 19.9 Å². The summed E-state index contributed by atoms with van der Waals surface area (Å²) in [6, 6.07) is 5.14. The second kappa shape index (κ2) is 3.77. The van der Waals surface area contributed by atoms with Crippen LogP contribution in [0.5, 0.6) is 11.5 Å². The molecule has 1 aromatic carbocycles. The second-order valence-electron chi connectivity index (χ2n) is 4.62. The molecule has 0 radical (unpaired) electrons. The first-order valence-electron chi connectivity index (χ1n) is 5.31. The van der Waals surface area contributed by atoms with Crippen LogP contribution >= 0.6 is 0 Å². The molecule has 1 aromatic rings. The lowest BCUT2D eigenvalue weighted by atomic mass is 9.92. The third-order valence-electron chi connectivity index (χ3n) is 2.70. The van der Waals surface area contributed by atoms with Gasteiger partial charge < -0.3 is 9.47 Å². The molecule has 0 bridgehead atoms. The molecule has 0 aromatic heterocycles. The van der Waals surface area contributed by atoms with Crippen LogP contribution in [-0.4, -0.2) is 18.5 Å². The summed E-state index contributed by atoms with van der Waals surface area (Å²) < 4.78 is 10.8. The number of hydrogen-bond acceptors (Lipinski definition) is 4. The smallest absolute Gasteiger partial charge is 0.170 e. The van der Waals surface area contributed by atoms with Gasteiger partial charge in [-0.2, -0.15) is 5.26 Å². The number of hydrogen-bond donors (Lipinski definition) is 0. The van der Waals surface area contributed by atoms with E-state index in [0.29, 0.717) is 29.0 Å². The van der Waals surface area contributed by atoms with Crippen LogP contribution in [0.3, 0.4) is 0 Å². The van der Waals surface area contributed by atoms with Crippen molar-refractivity contribution < 1.29 is 14.3 Å². The molecule has 88 valence electrons. The molecule has 0 aliphatic carbocycles. The fourth-order valence-electron chi connectivity index (χ4n) is 1.94. The number of ketones is 1. The number of rotatable bonds is 1. The fourth-order valence-corrected chi connectivity index (χ4v) is 1.94. The zero-order valence-electron chi connectivity index (χ0n) is 10.0. The molecule has 0 N–H and O–H groups in total. The average Bonchev–Trinajstić information content (AvgIpc) is 2.26. The summed E-state index contributed by atoms with van der Waals surface area (Å²) >= 11 is 0. The molecule has 17 heavy (non-hydrogen) atoms. The lowest BCUT2D eigenvalue weighted by molar-refractivity contribution is 0.0618. The molecule has 4 nitrogen and oxygen atoms in total. The van der Waals surface area contributed by atoms with Gasteiger partial charge in [-0.3, -0.25) is 4.79 Å². The van der Waals surface area contributed by atoms with Crippen LogP contribution < -0.4 is 9.47 Å². The van der Waals surface area contributed by atoms with Crippen molar-refractivity contribution in [3.05, 3.63) is 23.3 Å². The Morgan fingerprint density at radius 1 is 1.47 bits per heavy atom. The van der Waals surface area contributed by atoms with Crippen LogP contribution in [0.1, 0.15) is 36.2 Å². The number of fused-ring (bicyclic) bond motifs is 1. The first kappa shape index (κ1) is 11.5. The Morgan fingerprint density at radius 3 is 2.76 bits per heavy atom. The van der Waals surface area contributed by atoms with E-state index < -0.39 is 5.60 Å². The van der Waals surface area contributed by atoms with E-state index in [1.165, 1.54) is 13.2 Å². The molecule has 0 saturated carbocycles. The van der Waals surface area contributed by atoms with Crippen LogP contribution in [0.25, 0.3) is 0 Å². The Labute approximate surface area is 99.8 Å². The number of ether oxygens (including phenoxy) is 2. The molecule has 0 saturated heterocycles. The molecule has 1 aliphatic heterocycles. The van der Waals surface area contributed by atoms with Crippen LogP contribution in [0.15, 0.2) is 12.1 Å². The van der Waals surface area contributed by atoms with Crippen molar-refractivity contribution in [2.45, 2.75) is 25.9 Å². The highest BCUT2D eigenvalue weighted by Crippen LogP contribution is 2.37. The number of nitriles is 1. The van der Waals surface area contributed by atoms with Gasteiger partial charge in [0, 0.05) is 6.07 Å². The maximum atomic E-state index is 11.9. The topological polar surface area (TPSA) is 59.3 Å². The predicted octanol–water partition coefficient (Wildman–Crippen LogP) is 2.31. The zero-order chi connectivity index (χ0) is 12.6. The standard InChI is InChI=1S/C13H13NO3/c1-13(2)6-10(15)9-4-8(7-14)11(16-3)5-12(9)17-13/h4-5H,6H2,1-3H3. The molecule has 0 spiro atoms. The molecule has 0 atom stereocenters. The Balaban J connectivity index is 2.58. The lowest BCUT2D eigenvalue weighted by Gasteiger charge is -2.31. The van der Waals surface area contributed by atoms with Crippen molar-refractivity contribution in [1.29, 1.82) is 5.26 Å². The van der Waals surface area contributed by atoms with Crippen LogP contribution in [-0.2, 0) is 0 Å². The van der Waals surface area contributed by atoms with E-state index in [1.807, 2.05) is 19.9 Å². The minimum atomic E-state index is -0.511. The van der Waals surface area contributed by atoms with Crippen molar-refractivity contribution in [2.75, 3.05) is 7.11 Å². The molecule has 1 heterocycles. The maximum Gasteiger partial charge on any atom is 0.170 e. The Kier molecular flexibility index (Phi) is 2.55. The summed E-state index contributed by atoms with van der Waals surface area (Å²) in [4.78, 5) is 11.9. The molecule has 0 amide bonds. The number of methoxy groups -OCH3 is 1. The number of carbonyl (C=O) groups excluding carboxylic acids is 1. The van der Waals surface area contributed by atoms with Gasteiger partial charge in [0.25, 0.3) is 0 Å². The van der Waals surface area contributed by atoms with Crippen molar-refractivity contribution >= 4 is 5.78 Å². The van der Waals surface area contributed by atoms with Gasteiger partial charge in [0.05, 0.1) is 24.7 Å². The van der Waals surface area contributed by atoms with E-state index in [-0.39, 0.29) is 5.78 Å². The first-order valence-corrected chi connectivity index (χ1v) is 5.31. The first-order chi connectivity index (χ1) is 7.96. The molecule has 4 heteroatoms. The van der Waals surface area contributed by atoms with E-state index in [0.717, 1.165) is 0 Å². The third-order valence-corrected chi connectivity index (χ3v) is 2.70. The Bertz CT molecular complexity index is 526. The summed E-state index contributed by atoms with van der Waals surface area (Å²) in [5, 5.41) is 8.96.